The molecule has 1 saturated heterocycles. The number of hydrogen-bond acceptors (Lipinski definition) is 8. The van der Waals surface area contributed by atoms with E-state index in [2.05, 4.69) is 20.5 Å². The second kappa shape index (κ2) is 9.73. The van der Waals surface area contributed by atoms with Crippen LogP contribution in [0.4, 0.5) is 11.4 Å². The van der Waals surface area contributed by atoms with Crippen LogP contribution in [-0.2, 0) is 16.1 Å². The van der Waals surface area contributed by atoms with E-state index >= 15 is 0 Å². The van der Waals surface area contributed by atoms with Crippen molar-refractivity contribution in [3.8, 4) is 10.7 Å². The number of benzene rings is 1. The zero-order valence-electron chi connectivity index (χ0n) is 19.1. The molecule has 1 unspecified atom stereocenters. The fourth-order valence-corrected chi connectivity index (χ4v) is 5.83. The Morgan fingerprint density at radius 2 is 2.21 bits per heavy atom. The summed E-state index contributed by atoms with van der Waals surface area (Å²) in [7, 11) is 0. The van der Waals surface area contributed by atoms with Gasteiger partial charge < -0.3 is 15.8 Å². The molecule has 176 valence electrons. The number of carbonyl (C=O) groups is 1. The predicted molar refractivity (Wildman–Crippen MR) is 137 cm³/mol. The van der Waals surface area contributed by atoms with Gasteiger partial charge in [-0.3, -0.25) is 9.36 Å². The molecular weight excluding hydrogens is 468 g/mol. The topological polar surface area (TPSA) is 108 Å². The van der Waals surface area contributed by atoms with E-state index in [9.17, 15) is 4.79 Å². The van der Waals surface area contributed by atoms with E-state index in [4.69, 9.17) is 10.5 Å². The second-order valence-electron chi connectivity index (χ2n) is 8.41. The molecule has 34 heavy (non-hydrogen) atoms. The molecule has 1 aliphatic rings. The fourth-order valence-electron chi connectivity index (χ4n) is 4.02. The first-order chi connectivity index (χ1) is 16.5. The van der Waals surface area contributed by atoms with Crippen LogP contribution in [0.2, 0.25) is 0 Å². The van der Waals surface area contributed by atoms with E-state index in [1.807, 2.05) is 48.7 Å². The molecule has 1 atom stereocenters. The Hall–Kier alpha value is -2.95. The molecule has 3 N–H and O–H groups in total. The Balaban J connectivity index is 1.40. The summed E-state index contributed by atoms with van der Waals surface area (Å²) in [4.78, 5) is 18.9. The molecule has 1 aromatic carbocycles. The maximum absolute atomic E-state index is 12.7. The fraction of sp³-hybridized carbons (Fsp3) is 0.333. The number of nitrogens with one attached hydrogen (secondary N) is 1. The molecule has 0 radical (unpaired) electrons. The number of thioether (sulfide) groups is 1. The molecular formula is C24H26N6O2S2. The highest BCUT2D eigenvalue weighted by Crippen LogP contribution is 2.40. The van der Waals surface area contributed by atoms with Crippen molar-refractivity contribution in [3.63, 3.8) is 0 Å². The van der Waals surface area contributed by atoms with Crippen LogP contribution >= 0.6 is 23.1 Å². The van der Waals surface area contributed by atoms with E-state index in [-0.39, 0.29) is 17.8 Å². The summed E-state index contributed by atoms with van der Waals surface area (Å²) >= 11 is 2.87. The van der Waals surface area contributed by atoms with Crippen LogP contribution in [0, 0.1) is 13.8 Å². The summed E-state index contributed by atoms with van der Waals surface area (Å²) in [6, 6.07) is 9.86. The van der Waals surface area contributed by atoms with Gasteiger partial charge >= 0.3 is 0 Å². The molecule has 0 aliphatic carbocycles. The van der Waals surface area contributed by atoms with Gasteiger partial charge in [0.1, 0.15) is 4.83 Å². The monoisotopic (exact) mass is 494 g/mol. The number of rotatable bonds is 7. The molecule has 1 aliphatic heterocycles. The SMILES string of the molecule is Cc1ccc(C)c(NC(=O)CSc2nnc(-c3sc4ncccc4c3N)n2CC2CCCO2)c1. The largest absolute Gasteiger partial charge is 0.397 e. The van der Waals surface area contributed by atoms with E-state index in [1.165, 1.54) is 23.1 Å². The third-order valence-electron chi connectivity index (χ3n) is 5.83. The Bertz CT molecular complexity index is 1340. The van der Waals surface area contributed by atoms with Crippen molar-refractivity contribution in [2.45, 2.75) is 44.5 Å². The normalized spacial score (nSPS) is 15.8. The quantitative estimate of drug-likeness (QED) is 0.360. The number of pyridine rings is 1. The summed E-state index contributed by atoms with van der Waals surface area (Å²) < 4.78 is 7.92. The van der Waals surface area contributed by atoms with Crippen LogP contribution in [0.15, 0.2) is 41.7 Å². The summed E-state index contributed by atoms with van der Waals surface area (Å²) in [5, 5.41) is 13.5. The van der Waals surface area contributed by atoms with Crippen LogP contribution in [0.5, 0.6) is 0 Å². The average molecular weight is 495 g/mol. The Morgan fingerprint density at radius 1 is 1.32 bits per heavy atom. The van der Waals surface area contributed by atoms with E-state index in [0.717, 1.165) is 51.4 Å². The Labute approximate surface area is 205 Å². The van der Waals surface area contributed by atoms with Crippen LogP contribution in [-0.4, -0.2) is 44.1 Å². The molecule has 3 aromatic heterocycles. The third kappa shape index (κ3) is 4.66. The number of anilines is 2. The first kappa shape index (κ1) is 22.8. The number of nitrogen functional groups attached to an aromatic ring is 1. The molecule has 1 amide bonds. The smallest absolute Gasteiger partial charge is 0.234 e. The number of ether oxygens (including phenoxy) is 1. The lowest BCUT2D eigenvalue weighted by molar-refractivity contribution is -0.113. The van der Waals surface area contributed by atoms with Gasteiger partial charge in [-0.2, -0.15) is 0 Å². The van der Waals surface area contributed by atoms with Crippen LogP contribution < -0.4 is 11.1 Å². The number of aryl methyl sites for hydroxylation is 2. The number of hydrogen-bond donors (Lipinski definition) is 2. The molecule has 5 rings (SSSR count). The number of fused-ring (bicyclic) bond motifs is 1. The van der Waals surface area contributed by atoms with Gasteiger partial charge in [-0.1, -0.05) is 23.9 Å². The lowest BCUT2D eigenvalue weighted by Gasteiger charge is -2.14. The summed E-state index contributed by atoms with van der Waals surface area (Å²) in [6.45, 7) is 5.37. The van der Waals surface area contributed by atoms with Crippen LogP contribution in [0.25, 0.3) is 20.9 Å². The number of nitrogens with zero attached hydrogens (tertiary/aromatic N) is 4. The predicted octanol–water partition coefficient (Wildman–Crippen LogP) is 4.66. The number of carbonyl (C=O) groups excluding carboxylic acids is 1. The lowest BCUT2D eigenvalue weighted by atomic mass is 10.1. The lowest BCUT2D eigenvalue weighted by Crippen LogP contribution is -2.18. The van der Waals surface area contributed by atoms with E-state index in [1.54, 1.807) is 6.20 Å². The molecule has 0 spiro atoms. The van der Waals surface area contributed by atoms with Crippen molar-refractivity contribution in [1.29, 1.82) is 0 Å². The number of aromatic nitrogens is 4. The van der Waals surface area contributed by atoms with Crippen LogP contribution in [0.1, 0.15) is 24.0 Å². The summed E-state index contributed by atoms with van der Waals surface area (Å²) in [5.74, 6) is 0.825. The number of amides is 1. The van der Waals surface area contributed by atoms with Gasteiger partial charge in [0.25, 0.3) is 0 Å². The maximum Gasteiger partial charge on any atom is 0.234 e. The van der Waals surface area contributed by atoms with Crippen molar-refractivity contribution in [1.82, 2.24) is 19.7 Å². The molecule has 1 fully saturated rings. The number of thiophene rings is 1. The van der Waals surface area contributed by atoms with Gasteiger partial charge in [0.05, 0.1) is 29.0 Å². The minimum absolute atomic E-state index is 0.0857. The third-order valence-corrected chi connectivity index (χ3v) is 7.93. The first-order valence-corrected chi connectivity index (χ1v) is 13.0. The number of nitrogens with two attached hydrogens (primary N) is 1. The highest BCUT2D eigenvalue weighted by atomic mass is 32.2. The molecule has 4 aromatic rings. The standard InChI is InChI=1S/C24H26N6O2S2/c1-14-7-8-15(2)18(11-14)27-19(31)13-33-24-29-28-22(30(24)12-16-5-4-10-32-16)21-20(25)17-6-3-9-26-23(17)34-21/h3,6-9,11,16H,4-5,10,12-13,25H2,1-2H3,(H,27,31). The van der Waals surface area contributed by atoms with Gasteiger partial charge in [0.2, 0.25) is 5.91 Å². The van der Waals surface area contributed by atoms with Crippen molar-refractivity contribution >= 4 is 50.6 Å². The second-order valence-corrected chi connectivity index (χ2v) is 10.3. The van der Waals surface area contributed by atoms with Crippen molar-refractivity contribution in [3.05, 3.63) is 47.7 Å². The molecule has 4 heterocycles. The van der Waals surface area contributed by atoms with Gasteiger partial charge in [0, 0.05) is 23.9 Å². The van der Waals surface area contributed by atoms with Gasteiger partial charge in [-0.05, 0) is 56.0 Å². The van der Waals surface area contributed by atoms with E-state index in [0.29, 0.717) is 23.2 Å². The average Bonchev–Trinajstić information content (AvgIpc) is 3.55. The zero-order valence-corrected chi connectivity index (χ0v) is 20.7. The molecule has 0 saturated carbocycles. The van der Waals surface area contributed by atoms with Gasteiger partial charge in [0.15, 0.2) is 11.0 Å². The highest BCUT2D eigenvalue weighted by Gasteiger charge is 2.25. The van der Waals surface area contributed by atoms with Crippen LogP contribution in [0.3, 0.4) is 0 Å². The summed E-state index contributed by atoms with van der Waals surface area (Å²) in [6.07, 6.45) is 3.87. The maximum atomic E-state index is 12.7. The minimum atomic E-state index is -0.0857. The molecule has 0 bridgehead atoms. The minimum Gasteiger partial charge on any atom is -0.397 e. The zero-order chi connectivity index (χ0) is 23.7. The summed E-state index contributed by atoms with van der Waals surface area (Å²) in [5.41, 5.74) is 10.1. The molecule has 8 nitrogen and oxygen atoms in total. The Morgan fingerprint density at radius 3 is 3.00 bits per heavy atom. The molecule has 10 heteroatoms. The first-order valence-electron chi connectivity index (χ1n) is 11.2. The van der Waals surface area contributed by atoms with Gasteiger partial charge in [-0.15, -0.1) is 21.5 Å². The Kier molecular flexibility index (Phi) is 6.53. The van der Waals surface area contributed by atoms with Gasteiger partial charge in [-0.25, -0.2) is 4.98 Å². The van der Waals surface area contributed by atoms with Crippen molar-refractivity contribution in [2.24, 2.45) is 0 Å². The van der Waals surface area contributed by atoms with E-state index < -0.39 is 0 Å². The van der Waals surface area contributed by atoms with Crippen molar-refractivity contribution in [2.75, 3.05) is 23.4 Å². The highest BCUT2D eigenvalue weighted by molar-refractivity contribution is 7.99. The van der Waals surface area contributed by atoms with Crippen molar-refractivity contribution < 1.29 is 9.53 Å².